The highest BCUT2D eigenvalue weighted by atomic mass is 35.5. The van der Waals surface area contributed by atoms with E-state index in [4.69, 9.17) is 11.6 Å². The largest absolute Gasteiger partial charge is 0.340 e. The van der Waals surface area contributed by atoms with E-state index in [0.29, 0.717) is 18.8 Å². The zero-order valence-electron chi connectivity index (χ0n) is 11.6. The number of aryl methyl sites for hydroxylation is 2. The number of aromatic nitrogens is 2. The lowest BCUT2D eigenvalue weighted by Crippen LogP contribution is -2.30. The van der Waals surface area contributed by atoms with E-state index in [0.717, 1.165) is 18.5 Å². The topological polar surface area (TPSA) is 38.1 Å². The van der Waals surface area contributed by atoms with Crippen LogP contribution in [0.2, 0.25) is 0 Å². The van der Waals surface area contributed by atoms with Crippen LogP contribution in [0.3, 0.4) is 0 Å². The fourth-order valence-electron chi connectivity index (χ4n) is 1.72. The van der Waals surface area contributed by atoms with Crippen LogP contribution in [0.1, 0.15) is 43.4 Å². The molecule has 0 aliphatic carbocycles. The van der Waals surface area contributed by atoms with Gasteiger partial charge in [0, 0.05) is 25.5 Å². The van der Waals surface area contributed by atoms with Crippen molar-refractivity contribution in [2.45, 2.75) is 45.5 Å². The number of hydrogen-bond donors (Lipinski definition) is 0. The molecule has 0 bridgehead atoms. The van der Waals surface area contributed by atoms with Gasteiger partial charge in [0.05, 0.1) is 5.69 Å². The van der Waals surface area contributed by atoms with Gasteiger partial charge in [-0.1, -0.05) is 6.92 Å². The molecule has 0 spiro atoms. The van der Waals surface area contributed by atoms with Crippen LogP contribution < -0.4 is 0 Å². The van der Waals surface area contributed by atoms with Gasteiger partial charge in [-0.25, -0.2) is 0 Å². The molecule has 102 valence electrons. The van der Waals surface area contributed by atoms with E-state index in [-0.39, 0.29) is 11.3 Å². The van der Waals surface area contributed by atoms with Crippen molar-refractivity contribution in [3.8, 4) is 0 Å². The first kappa shape index (κ1) is 15.0. The standard InChI is InChI=1S/C13H22ClN3O/c1-5-11-9-12(17(6-2)15-11)13(18)16(4)8-7-10(3)14/h9-10H,5-8H2,1-4H3. The Bertz CT molecular complexity index is 401. The van der Waals surface area contributed by atoms with Crippen molar-refractivity contribution >= 4 is 17.5 Å². The number of halogens is 1. The summed E-state index contributed by atoms with van der Waals surface area (Å²) in [6.07, 6.45) is 1.64. The maximum Gasteiger partial charge on any atom is 0.271 e. The van der Waals surface area contributed by atoms with Crippen molar-refractivity contribution in [3.63, 3.8) is 0 Å². The predicted octanol–water partition coefficient (Wildman–Crippen LogP) is 2.55. The second-order valence-corrected chi connectivity index (χ2v) is 5.23. The van der Waals surface area contributed by atoms with Crippen molar-refractivity contribution in [2.75, 3.05) is 13.6 Å². The smallest absolute Gasteiger partial charge is 0.271 e. The minimum Gasteiger partial charge on any atom is -0.340 e. The van der Waals surface area contributed by atoms with Crippen molar-refractivity contribution in [1.29, 1.82) is 0 Å². The zero-order valence-corrected chi connectivity index (χ0v) is 12.4. The maximum absolute atomic E-state index is 12.3. The minimum atomic E-state index is 0.0152. The number of nitrogens with zero attached hydrogens (tertiary/aromatic N) is 3. The van der Waals surface area contributed by atoms with E-state index in [1.165, 1.54) is 0 Å². The number of hydrogen-bond acceptors (Lipinski definition) is 2. The van der Waals surface area contributed by atoms with E-state index in [9.17, 15) is 4.79 Å². The van der Waals surface area contributed by atoms with E-state index in [2.05, 4.69) is 5.10 Å². The van der Waals surface area contributed by atoms with Crippen molar-refractivity contribution in [1.82, 2.24) is 14.7 Å². The Hall–Kier alpha value is -1.03. The molecule has 5 heteroatoms. The lowest BCUT2D eigenvalue weighted by molar-refractivity contribution is 0.0781. The fraction of sp³-hybridized carbons (Fsp3) is 0.692. The third-order valence-electron chi connectivity index (χ3n) is 2.92. The lowest BCUT2D eigenvalue weighted by Gasteiger charge is -2.18. The number of amides is 1. The second-order valence-electron chi connectivity index (χ2n) is 4.49. The van der Waals surface area contributed by atoms with Crippen molar-refractivity contribution in [2.24, 2.45) is 0 Å². The van der Waals surface area contributed by atoms with Gasteiger partial charge < -0.3 is 4.90 Å². The fourth-order valence-corrected chi connectivity index (χ4v) is 1.82. The van der Waals surface area contributed by atoms with Gasteiger partial charge >= 0.3 is 0 Å². The molecular formula is C13H22ClN3O. The first-order chi connectivity index (χ1) is 8.49. The molecule has 1 heterocycles. The van der Waals surface area contributed by atoms with Crippen molar-refractivity contribution < 1.29 is 4.79 Å². The minimum absolute atomic E-state index is 0.0152. The van der Waals surface area contributed by atoms with Crippen LogP contribution in [0.15, 0.2) is 6.07 Å². The van der Waals surface area contributed by atoms with E-state index in [1.54, 1.807) is 16.6 Å². The quantitative estimate of drug-likeness (QED) is 0.746. The number of rotatable bonds is 6. The Balaban J connectivity index is 2.79. The van der Waals surface area contributed by atoms with Gasteiger partial charge in [-0.3, -0.25) is 9.48 Å². The van der Waals surface area contributed by atoms with Crippen LogP contribution in [0, 0.1) is 0 Å². The molecule has 1 unspecified atom stereocenters. The van der Waals surface area contributed by atoms with Crippen LogP contribution in [-0.2, 0) is 13.0 Å². The first-order valence-electron chi connectivity index (χ1n) is 6.45. The highest BCUT2D eigenvalue weighted by Gasteiger charge is 2.18. The Kier molecular flexibility index (Phi) is 5.66. The van der Waals surface area contributed by atoms with Gasteiger partial charge in [-0.05, 0) is 32.8 Å². The number of carbonyl (C=O) groups excluding carboxylic acids is 1. The molecule has 1 amide bonds. The number of alkyl halides is 1. The summed E-state index contributed by atoms with van der Waals surface area (Å²) in [5.74, 6) is 0.0152. The molecule has 0 N–H and O–H groups in total. The predicted molar refractivity (Wildman–Crippen MR) is 74.2 cm³/mol. The van der Waals surface area contributed by atoms with Crippen LogP contribution in [0.25, 0.3) is 0 Å². The highest BCUT2D eigenvalue weighted by molar-refractivity contribution is 6.20. The van der Waals surface area contributed by atoms with Gasteiger partial charge in [0.2, 0.25) is 0 Å². The molecule has 0 aliphatic heterocycles. The summed E-state index contributed by atoms with van der Waals surface area (Å²) in [4.78, 5) is 14.0. The molecule has 0 saturated heterocycles. The second kappa shape index (κ2) is 6.78. The summed E-state index contributed by atoms with van der Waals surface area (Å²) in [5.41, 5.74) is 1.62. The zero-order chi connectivity index (χ0) is 13.7. The first-order valence-corrected chi connectivity index (χ1v) is 6.89. The summed E-state index contributed by atoms with van der Waals surface area (Å²) in [6, 6.07) is 1.88. The SMILES string of the molecule is CCc1cc(C(=O)N(C)CCC(C)Cl)n(CC)n1. The van der Waals surface area contributed by atoms with E-state index >= 15 is 0 Å². The number of carbonyl (C=O) groups is 1. The Morgan fingerprint density at radius 1 is 1.56 bits per heavy atom. The summed E-state index contributed by atoms with van der Waals surface area (Å²) in [6.45, 7) is 7.34. The average molecular weight is 272 g/mol. The van der Waals surface area contributed by atoms with E-state index in [1.807, 2.05) is 26.8 Å². The van der Waals surface area contributed by atoms with Gasteiger partial charge in [0.25, 0.3) is 5.91 Å². The van der Waals surface area contributed by atoms with Crippen molar-refractivity contribution in [3.05, 3.63) is 17.5 Å². The molecule has 18 heavy (non-hydrogen) atoms. The summed E-state index contributed by atoms with van der Waals surface area (Å²) in [7, 11) is 1.81. The molecule has 0 fully saturated rings. The Labute approximate surface area is 114 Å². The molecular weight excluding hydrogens is 250 g/mol. The summed E-state index contributed by atoms with van der Waals surface area (Å²) in [5, 5.41) is 4.47. The van der Waals surface area contributed by atoms with E-state index < -0.39 is 0 Å². The van der Waals surface area contributed by atoms with Crippen LogP contribution in [-0.4, -0.2) is 39.6 Å². The lowest BCUT2D eigenvalue weighted by atomic mass is 10.2. The Morgan fingerprint density at radius 2 is 2.22 bits per heavy atom. The molecule has 0 aliphatic rings. The molecule has 0 aromatic carbocycles. The van der Waals surface area contributed by atoms with Crippen LogP contribution in [0.5, 0.6) is 0 Å². The molecule has 1 rings (SSSR count). The molecule has 1 aromatic heterocycles. The third-order valence-corrected chi connectivity index (χ3v) is 3.14. The van der Waals surface area contributed by atoms with Gasteiger partial charge in [0.15, 0.2) is 0 Å². The third kappa shape index (κ3) is 3.73. The van der Waals surface area contributed by atoms with Gasteiger partial charge in [0.1, 0.15) is 5.69 Å². The highest BCUT2D eigenvalue weighted by Crippen LogP contribution is 2.10. The molecule has 1 atom stereocenters. The molecule has 1 aromatic rings. The average Bonchev–Trinajstić information content (AvgIpc) is 2.78. The Morgan fingerprint density at radius 3 is 2.72 bits per heavy atom. The normalized spacial score (nSPS) is 12.5. The maximum atomic E-state index is 12.3. The monoisotopic (exact) mass is 271 g/mol. The van der Waals surface area contributed by atoms with Gasteiger partial charge in [-0.15, -0.1) is 11.6 Å². The van der Waals surface area contributed by atoms with Gasteiger partial charge in [-0.2, -0.15) is 5.10 Å². The van der Waals surface area contributed by atoms with Crippen LogP contribution in [0.4, 0.5) is 0 Å². The summed E-state index contributed by atoms with van der Waals surface area (Å²) < 4.78 is 1.77. The molecule has 4 nitrogen and oxygen atoms in total. The summed E-state index contributed by atoms with van der Waals surface area (Å²) >= 11 is 5.90. The molecule has 0 radical (unpaired) electrons. The van der Waals surface area contributed by atoms with Crippen LogP contribution >= 0.6 is 11.6 Å². The molecule has 0 saturated carbocycles.